The molecule has 3 atom stereocenters. The molecule has 3 unspecified atom stereocenters. The molecule has 1 aromatic carbocycles. The molecule has 2 aliphatic heterocycles. The van der Waals surface area contributed by atoms with Crippen molar-refractivity contribution in [2.45, 2.75) is 18.7 Å². The Bertz CT molecular complexity index is 492. The summed E-state index contributed by atoms with van der Waals surface area (Å²) < 4.78 is 37.3. The standard InChI is InChI=1S/C14H16F2N2O3/c15-12-8-20-9-13(16)18(12)7-11-6-17(14(19)21-11)10-4-2-1-3-5-10/h1-5,11-13H,6-9H2. The highest BCUT2D eigenvalue weighted by Gasteiger charge is 2.38. The van der Waals surface area contributed by atoms with Gasteiger partial charge in [-0.15, -0.1) is 0 Å². The lowest BCUT2D eigenvalue weighted by molar-refractivity contribution is -0.146. The van der Waals surface area contributed by atoms with E-state index in [0.29, 0.717) is 5.69 Å². The van der Waals surface area contributed by atoms with Crippen molar-refractivity contribution in [1.29, 1.82) is 0 Å². The second kappa shape index (κ2) is 5.95. The van der Waals surface area contributed by atoms with Gasteiger partial charge in [-0.1, -0.05) is 18.2 Å². The van der Waals surface area contributed by atoms with Gasteiger partial charge in [0.05, 0.1) is 19.8 Å². The minimum Gasteiger partial charge on any atom is -0.443 e. The van der Waals surface area contributed by atoms with Crippen LogP contribution in [0.5, 0.6) is 0 Å². The van der Waals surface area contributed by atoms with E-state index in [4.69, 9.17) is 9.47 Å². The molecule has 2 heterocycles. The molecule has 2 saturated heterocycles. The number of benzene rings is 1. The summed E-state index contributed by atoms with van der Waals surface area (Å²) in [6.07, 6.45) is -4.09. The minimum atomic E-state index is -1.52. The second-order valence-electron chi connectivity index (χ2n) is 5.06. The average molecular weight is 298 g/mol. The third-order valence-electron chi connectivity index (χ3n) is 3.59. The number of nitrogens with zero attached hydrogens (tertiary/aromatic N) is 2. The van der Waals surface area contributed by atoms with Gasteiger partial charge in [0.25, 0.3) is 0 Å². The first-order valence-electron chi connectivity index (χ1n) is 6.80. The van der Waals surface area contributed by atoms with Gasteiger partial charge >= 0.3 is 6.09 Å². The molecule has 21 heavy (non-hydrogen) atoms. The molecule has 0 bridgehead atoms. The van der Waals surface area contributed by atoms with Crippen LogP contribution in [-0.2, 0) is 9.47 Å². The summed E-state index contributed by atoms with van der Waals surface area (Å²) in [6.45, 7) is -0.0343. The van der Waals surface area contributed by atoms with Crippen LogP contribution in [0.25, 0.3) is 0 Å². The molecule has 2 fully saturated rings. The largest absolute Gasteiger partial charge is 0.443 e. The summed E-state index contributed by atoms with van der Waals surface area (Å²) in [7, 11) is 0. The van der Waals surface area contributed by atoms with Crippen LogP contribution in [0.2, 0.25) is 0 Å². The van der Waals surface area contributed by atoms with E-state index in [1.165, 1.54) is 4.90 Å². The molecule has 0 saturated carbocycles. The monoisotopic (exact) mass is 298 g/mol. The van der Waals surface area contributed by atoms with E-state index in [-0.39, 0.29) is 26.3 Å². The topological polar surface area (TPSA) is 42.0 Å². The van der Waals surface area contributed by atoms with E-state index in [1.54, 1.807) is 12.1 Å². The van der Waals surface area contributed by atoms with Gasteiger partial charge in [0, 0.05) is 12.2 Å². The molecule has 0 spiro atoms. The van der Waals surface area contributed by atoms with E-state index < -0.39 is 24.8 Å². The maximum atomic E-state index is 13.7. The van der Waals surface area contributed by atoms with Crippen LogP contribution >= 0.6 is 0 Å². The Morgan fingerprint density at radius 3 is 2.48 bits per heavy atom. The first kappa shape index (κ1) is 14.2. The molecule has 3 rings (SSSR count). The SMILES string of the molecule is O=C1OC(CN2C(F)COCC2F)CN1c1ccccc1. The van der Waals surface area contributed by atoms with Crippen molar-refractivity contribution in [3.8, 4) is 0 Å². The van der Waals surface area contributed by atoms with Gasteiger partial charge in [-0.2, -0.15) is 0 Å². The van der Waals surface area contributed by atoms with Crippen molar-refractivity contribution in [2.75, 3.05) is 31.2 Å². The lowest BCUT2D eigenvalue weighted by Crippen LogP contribution is -2.51. The minimum absolute atomic E-state index is 0.0146. The van der Waals surface area contributed by atoms with Crippen LogP contribution < -0.4 is 4.90 Å². The third-order valence-corrected chi connectivity index (χ3v) is 3.59. The number of anilines is 1. The summed E-state index contributed by atoms with van der Waals surface area (Å²) in [5, 5.41) is 0. The number of carbonyl (C=O) groups is 1. The predicted octanol–water partition coefficient (Wildman–Crippen LogP) is 1.94. The van der Waals surface area contributed by atoms with Crippen molar-refractivity contribution in [3.05, 3.63) is 30.3 Å². The molecule has 0 radical (unpaired) electrons. The van der Waals surface area contributed by atoms with Crippen molar-refractivity contribution in [1.82, 2.24) is 4.90 Å². The Morgan fingerprint density at radius 2 is 1.81 bits per heavy atom. The van der Waals surface area contributed by atoms with Gasteiger partial charge in [-0.05, 0) is 12.1 Å². The molecule has 7 heteroatoms. The van der Waals surface area contributed by atoms with Gasteiger partial charge in [0.15, 0.2) is 12.6 Å². The van der Waals surface area contributed by atoms with E-state index in [1.807, 2.05) is 18.2 Å². The zero-order valence-electron chi connectivity index (χ0n) is 11.3. The molecule has 1 amide bonds. The number of rotatable bonds is 3. The van der Waals surface area contributed by atoms with E-state index in [0.717, 1.165) is 4.90 Å². The molecule has 2 aliphatic rings. The molecule has 0 aliphatic carbocycles. The smallest absolute Gasteiger partial charge is 0.414 e. The average Bonchev–Trinajstić information content (AvgIpc) is 2.85. The summed E-state index contributed by atoms with van der Waals surface area (Å²) in [6, 6.07) is 9.04. The van der Waals surface area contributed by atoms with Crippen molar-refractivity contribution in [2.24, 2.45) is 0 Å². The van der Waals surface area contributed by atoms with Crippen LogP contribution in [0.15, 0.2) is 30.3 Å². The summed E-state index contributed by atoms with van der Waals surface area (Å²) in [5.41, 5.74) is 0.709. The van der Waals surface area contributed by atoms with Gasteiger partial charge in [0.2, 0.25) is 0 Å². The fraction of sp³-hybridized carbons (Fsp3) is 0.500. The van der Waals surface area contributed by atoms with Crippen molar-refractivity contribution < 1.29 is 23.0 Å². The number of para-hydroxylation sites is 1. The van der Waals surface area contributed by atoms with Crippen LogP contribution in [0.1, 0.15) is 0 Å². The quantitative estimate of drug-likeness (QED) is 0.800. The van der Waals surface area contributed by atoms with Crippen molar-refractivity contribution in [3.63, 3.8) is 0 Å². The number of hydrogen-bond acceptors (Lipinski definition) is 4. The number of carbonyl (C=O) groups excluding carboxylic acids is 1. The third kappa shape index (κ3) is 2.98. The van der Waals surface area contributed by atoms with Gasteiger partial charge in [-0.25, -0.2) is 18.5 Å². The van der Waals surface area contributed by atoms with E-state index in [2.05, 4.69) is 0 Å². The fourth-order valence-electron chi connectivity index (χ4n) is 2.53. The first-order valence-corrected chi connectivity index (χ1v) is 6.80. The zero-order valence-corrected chi connectivity index (χ0v) is 11.3. The van der Waals surface area contributed by atoms with E-state index in [9.17, 15) is 13.6 Å². The number of amides is 1. The molecular weight excluding hydrogens is 282 g/mol. The van der Waals surface area contributed by atoms with Crippen LogP contribution in [0.3, 0.4) is 0 Å². The molecule has 0 aromatic heterocycles. The fourth-order valence-corrected chi connectivity index (χ4v) is 2.53. The Labute approximate surface area is 121 Å². The maximum absolute atomic E-state index is 13.7. The maximum Gasteiger partial charge on any atom is 0.414 e. The zero-order chi connectivity index (χ0) is 14.8. The van der Waals surface area contributed by atoms with Crippen LogP contribution in [-0.4, -0.2) is 56.0 Å². The molecule has 1 aromatic rings. The number of ether oxygens (including phenoxy) is 2. The Morgan fingerprint density at radius 1 is 1.14 bits per heavy atom. The van der Waals surface area contributed by atoms with Crippen LogP contribution in [0.4, 0.5) is 19.3 Å². The Hall–Kier alpha value is -1.73. The van der Waals surface area contributed by atoms with Gasteiger partial charge in [-0.3, -0.25) is 4.90 Å². The summed E-state index contributed by atoms with van der Waals surface area (Å²) >= 11 is 0. The van der Waals surface area contributed by atoms with Crippen LogP contribution in [0, 0.1) is 0 Å². The summed E-state index contributed by atoms with van der Waals surface area (Å²) in [5.74, 6) is 0. The van der Waals surface area contributed by atoms with Gasteiger partial charge in [0.1, 0.15) is 6.10 Å². The number of alkyl halides is 2. The molecular formula is C14H16F2N2O3. The highest BCUT2D eigenvalue weighted by atomic mass is 19.2. The number of morpholine rings is 1. The lowest BCUT2D eigenvalue weighted by Gasteiger charge is -2.34. The summed E-state index contributed by atoms with van der Waals surface area (Å²) in [4.78, 5) is 14.4. The highest BCUT2D eigenvalue weighted by molar-refractivity contribution is 5.89. The number of halogens is 2. The molecule has 114 valence electrons. The first-order chi connectivity index (χ1) is 10.1. The second-order valence-corrected chi connectivity index (χ2v) is 5.06. The van der Waals surface area contributed by atoms with E-state index >= 15 is 0 Å². The lowest BCUT2D eigenvalue weighted by atomic mass is 10.2. The molecule has 0 N–H and O–H groups in total. The Kier molecular flexibility index (Phi) is 4.03. The highest BCUT2D eigenvalue weighted by Crippen LogP contribution is 2.24. The number of cyclic esters (lactones) is 1. The normalized spacial score (nSPS) is 30.5. The van der Waals surface area contributed by atoms with Crippen molar-refractivity contribution >= 4 is 11.8 Å². The van der Waals surface area contributed by atoms with Gasteiger partial charge < -0.3 is 9.47 Å². The number of hydrogen-bond donors (Lipinski definition) is 0. The molecule has 5 nitrogen and oxygen atoms in total. The Balaban J connectivity index is 1.65. The predicted molar refractivity (Wildman–Crippen MR) is 71.4 cm³/mol.